The molecule has 2 fully saturated rings. The van der Waals surface area contributed by atoms with E-state index in [4.69, 9.17) is 4.74 Å². The minimum absolute atomic E-state index is 0.0722. The summed E-state index contributed by atoms with van der Waals surface area (Å²) in [6.07, 6.45) is 3.43. The van der Waals surface area contributed by atoms with Crippen LogP contribution in [0.1, 0.15) is 39.0 Å². The quantitative estimate of drug-likeness (QED) is 0.789. The molecule has 1 saturated heterocycles. The van der Waals surface area contributed by atoms with Crippen LogP contribution >= 0.6 is 0 Å². The number of likely N-dealkylation sites (N-methyl/N-ethyl adjacent to an activating group) is 1. The zero-order chi connectivity index (χ0) is 15.7. The van der Waals surface area contributed by atoms with Crippen molar-refractivity contribution in [2.45, 2.75) is 56.6 Å². The number of ether oxygens (including phenoxy) is 1. The maximum atomic E-state index is 13.1. The Kier molecular flexibility index (Phi) is 4.88. The van der Waals surface area contributed by atoms with E-state index < -0.39 is 24.4 Å². The van der Waals surface area contributed by atoms with E-state index in [1.165, 1.54) is 12.8 Å². The first-order valence-corrected chi connectivity index (χ1v) is 7.72. The van der Waals surface area contributed by atoms with Crippen LogP contribution in [-0.4, -0.2) is 55.6 Å². The lowest BCUT2D eigenvalue weighted by Crippen LogP contribution is -2.54. The van der Waals surface area contributed by atoms with Gasteiger partial charge < -0.3 is 15.0 Å². The molecule has 0 aromatic heterocycles. The molecule has 1 aliphatic heterocycles. The number of esters is 1. The fourth-order valence-electron chi connectivity index (χ4n) is 3.59. The van der Waals surface area contributed by atoms with Gasteiger partial charge in [-0.3, -0.25) is 0 Å². The number of hydrogen-bond donors (Lipinski definition) is 1. The third-order valence-electron chi connectivity index (χ3n) is 4.90. The Balaban J connectivity index is 1.85. The summed E-state index contributed by atoms with van der Waals surface area (Å²) in [6, 6.07) is 0. The largest absolute Gasteiger partial charge is 0.456 e. The molecular formula is C15H26F2N2O2. The molecule has 4 nitrogen and oxygen atoms in total. The van der Waals surface area contributed by atoms with Gasteiger partial charge in [0.1, 0.15) is 6.10 Å². The van der Waals surface area contributed by atoms with Crippen molar-refractivity contribution < 1.29 is 18.3 Å². The van der Waals surface area contributed by atoms with Crippen LogP contribution in [-0.2, 0) is 9.53 Å². The summed E-state index contributed by atoms with van der Waals surface area (Å²) in [5, 5.41) is 3.25. The van der Waals surface area contributed by atoms with Gasteiger partial charge in [-0.1, -0.05) is 19.8 Å². The minimum Gasteiger partial charge on any atom is -0.456 e. The third kappa shape index (κ3) is 3.72. The molecular weight excluding hydrogens is 278 g/mol. The molecule has 0 spiro atoms. The van der Waals surface area contributed by atoms with E-state index in [1.54, 1.807) is 0 Å². The topological polar surface area (TPSA) is 41.6 Å². The van der Waals surface area contributed by atoms with Crippen molar-refractivity contribution in [2.24, 2.45) is 5.92 Å². The van der Waals surface area contributed by atoms with Gasteiger partial charge in [-0.25, -0.2) is 4.79 Å². The van der Waals surface area contributed by atoms with Crippen LogP contribution in [0.15, 0.2) is 0 Å². The molecule has 3 atom stereocenters. The number of nitrogens with zero attached hydrogens (tertiary/aromatic N) is 1. The van der Waals surface area contributed by atoms with Crippen molar-refractivity contribution >= 4 is 5.97 Å². The number of carbonyl (C=O) groups is 1. The highest BCUT2D eigenvalue weighted by Crippen LogP contribution is 2.35. The highest BCUT2D eigenvalue weighted by atomic mass is 19.3. The molecule has 21 heavy (non-hydrogen) atoms. The van der Waals surface area contributed by atoms with Crippen molar-refractivity contribution in [1.82, 2.24) is 10.2 Å². The Morgan fingerprint density at radius 1 is 1.38 bits per heavy atom. The average Bonchev–Trinajstić information content (AvgIpc) is 2.62. The van der Waals surface area contributed by atoms with Crippen molar-refractivity contribution in [1.29, 1.82) is 0 Å². The Bertz CT molecular complexity index is 390. The van der Waals surface area contributed by atoms with Gasteiger partial charge in [0, 0.05) is 18.6 Å². The van der Waals surface area contributed by atoms with Gasteiger partial charge in [0.05, 0.1) is 6.42 Å². The van der Waals surface area contributed by atoms with Gasteiger partial charge in [0.25, 0.3) is 0 Å². The lowest BCUT2D eigenvalue weighted by atomic mass is 9.75. The summed E-state index contributed by atoms with van der Waals surface area (Å²) in [5.74, 6) is -4.02. The molecule has 1 saturated carbocycles. The van der Waals surface area contributed by atoms with E-state index in [0.717, 1.165) is 19.4 Å². The van der Waals surface area contributed by atoms with E-state index in [2.05, 4.69) is 31.2 Å². The lowest BCUT2D eigenvalue weighted by molar-refractivity contribution is -0.159. The van der Waals surface area contributed by atoms with E-state index in [-0.39, 0.29) is 5.54 Å². The van der Waals surface area contributed by atoms with Crippen LogP contribution in [0, 0.1) is 5.92 Å². The first-order valence-electron chi connectivity index (χ1n) is 7.72. The molecule has 2 aliphatic rings. The van der Waals surface area contributed by atoms with E-state index in [9.17, 15) is 13.6 Å². The zero-order valence-electron chi connectivity index (χ0n) is 13.1. The Morgan fingerprint density at radius 2 is 2.10 bits per heavy atom. The molecule has 6 heteroatoms. The first-order chi connectivity index (χ1) is 9.75. The SMILES string of the molecule is CC1CCCC(CNCC2CC(F)(F)C(=O)O2)(N(C)C)C1. The van der Waals surface area contributed by atoms with Crippen LogP contribution in [0.4, 0.5) is 8.78 Å². The van der Waals surface area contributed by atoms with Crippen molar-refractivity contribution in [2.75, 3.05) is 27.2 Å². The van der Waals surface area contributed by atoms with E-state index in [1.807, 2.05) is 0 Å². The van der Waals surface area contributed by atoms with Crippen molar-refractivity contribution in [3.8, 4) is 0 Å². The normalized spacial score (nSPS) is 36.0. The van der Waals surface area contributed by atoms with Gasteiger partial charge >= 0.3 is 11.9 Å². The van der Waals surface area contributed by atoms with Gasteiger partial charge in [0.15, 0.2) is 0 Å². The standard InChI is InChI=1S/C15H26F2N2O2/c1-11-5-4-6-14(7-11,19(2)3)10-18-9-12-8-15(16,17)13(20)21-12/h11-12,18H,4-10H2,1-3H3. The van der Waals surface area contributed by atoms with E-state index in [0.29, 0.717) is 12.5 Å². The lowest BCUT2D eigenvalue weighted by Gasteiger charge is -2.45. The number of carbonyl (C=O) groups excluding carboxylic acids is 1. The summed E-state index contributed by atoms with van der Waals surface area (Å²) in [4.78, 5) is 13.2. The second-order valence-corrected chi connectivity index (χ2v) is 6.89. The fourth-order valence-corrected chi connectivity index (χ4v) is 3.59. The second-order valence-electron chi connectivity index (χ2n) is 6.89. The molecule has 0 radical (unpaired) electrons. The summed E-state index contributed by atoms with van der Waals surface area (Å²) in [7, 11) is 4.15. The summed E-state index contributed by atoms with van der Waals surface area (Å²) in [5.41, 5.74) is 0.0722. The van der Waals surface area contributed by atoms with Crippen LogP contribution in [0.2, 0.25) is 0 Å². The number of rotatable bonds is 5. The summed E-state index contributed by atoms with van der Waals surface area (Å²) in [6.45, 7) is 3.30. The van der Waals surface area contributed by atoms with Crippen molar-refractivity contribution in [3.63, 3.8) is 0 Å². The van der Waals surface area contributed by atoms with E-state index >= 15 is 0 Å². The molecule has 1 aliphatic carbocycles. The van der Waals surface area contributed by atoms with Gasteiger partial charge in [-0.2, -0.15) is 8.78 Å². The average molecular weight is 304 g/mol. The minimum atomic E-state index is -3.31. The highest BCUT2D eigenvalue weighted by Gasteiger charge is 2.50. The number of nitrogens with one attached hydrogen (secondary N) is 1. The first kappa shape index (κ1) is 16.6. The molecule has 0 aromatic rings. The molecule has 0 aromatic carbocycles. The maximum Gasteiger partial charge on any atom is 0.377 e. The molecule has 0 amide bonds. The molecule has 3 unspecified atom stereocenters. The number of alkyl halides is 2. The predicted octanol–water partition coefficient (Wildman–Crippen LogP) is 2.04. The monoisotopic (exact) mass is 304 g/mol. The molecule has 2 rings (SSSR count). The zero-order valence-corrected chi connectivity index (χ0v) is 13.1. The molecule has 0 bridgehead atoms. The van der Waals surface area contributed by atoms with Crippen molar-refractivity contribution in [3.05, 3.63) is 0 Å². The smallest absolute Gasteiger partial charge is 0.377 e. The Hall–Kier alpha value is -0.750. The van der Waals surface area contributed by atoms with Crippen LogP contribution in [0.25, 0.3) is 0 Å². The van der Waals surface area contributed by atoms with Gasteiger partial charge in [-0.05, 0) is 32.9 Å². The van der Waals surface area contributed by atoms with Crippen LogP contribution in [0.5, 0.6) is 0 Å². The molecule has 1 heterocycles. The second kappa shape index (κ2) is 6.16. The van der Waals surface area contributed by atoms with Crippen LogP contribution < -0.4 is 5.32 Å². The Morgan fingerprint density at radius 3 is 2.62 bits per heavy atom. The summed E-state index contributed by atoms with van der Waals surface area (Å²) >= 11 is 0. The Labute approximate surface area is 125 Å². The highest BCUT2D eigenvalue weighted by molar-refractivity contribution is 5.79. The maximum absolute atomic E-state index is 13.1. The number of cyclic esters (lactones) is 1. The number of hydrogen-bond acceptors (Lipinski definition) is 4. The summed E-state index contributed by atoms with van der Waals surface area (Å²) < 4.78 is 30.9. The third-order valence-corrected chi connectivity index (χ3v) is 4.90. The van der Waals surface area contributed by atoms with Gasteiger partial charge in [0.2, 0.25) is 0 Å². The van der Waals surface area contributed by atoms with Gasteiger partial charge in [-0.15, -0.1) is 0 Å². The van der Waals surface area contributed by atoms with Crippen LogP contribution in [0.3, 0.4) is 0 Å². The molecule has 122 valence electrons. The molecule has 1 N–H and O–H groups in total. The number of halogens is 2. The predicted molar refractivity (Wildman–Crippen MR) is 76.4 cm³/mol. The fraction of sp³-hybridized carbons (Fsp3) is 0.933.